The van der Waals surface area contributed by atoms with Crippen LogP contribution < -0.4 is 0 Å². The molecule has 5 rings (SSSR count). The molecule has 2 aliphatic rings. The van der Waals surface area contributed by atoms with Crippen molar-refractivity contribution in [1.29, 1.82) is 0 Å². The van der Waals surface area contributed by atoms with Crippen LogP contribution in [0.4, 0.5) is 0 Å². The second-order valence-electron chi connectivity index (χ2n) is 7.44. The Morgan fingerprint density at radius 3 is 2.81 bits per heavy atom. The molecule has 4 atom stereocenters. The van der Waals surface area contributed by atoms with Crippen molar-refractivity contribution < 1.29 is 8.94 Å². The van der Waals surface area contributed by atoms with Crippen molar-refractivity contribution in [3.05, 3.63) is 58.1 Å². The highest BCUT2D eigenvalue weighted by atomic mass is 35.5. The third-order valence-corrected chi connectivity index (χ3v) is 6.85. The lowest BCUT2D eigenvalue weighted by Crippen LogP contribution is -2.44. The van der Waals surface area contributed by atoms with E-state index in [-0.39, 0.29) is 11.8 Å². The molecule has 1 aromatic carbocycles. The molecule has 0 unspecified atom stereocenters. The Kier molecular flexibility index (Phi) is 4.26. The van der Waals surface area contributed by atoms with E-state index >= 15 is 0 Å². The average molecular weight is 404 g/mol. The summed E-state index contributed by atoms with van der Waals surface area (Å²) in [5.74, 6) is 2.14. The first-order valence-electron chi connectivity index (χ1n) is 9.16. The molecule has 0 aliphatic carbocycles. The van der Waals surface area contributed by atoms with E-state index < -0.39 is 0 Å². The SMILES string of the molecule is CN1[C@@H]2CC[C@H]1[C@@H](c1nc(-c3ccco3)no1)[C@H](c1ccc(Cl)c(Cl)c1)C2. The molecular weight excluding hydrogens is 385 g/mol. The third-order valence-electron chi connectivity index (χ3n) is 6.11. The maximum absolute atomic E-state index is 6.31. The molecule has 2 aliphatic heterocycles. The smallest absolute Gasteiger partial charge is 0.238 e. The highest BCUT2D eigenvalue weighted by molar-refractivity contribution is 6.42. The van der Waals surface area contributed by atoms with Gasteiger partial charge < -0.3 is 8.94 Å². The minimum atomic E-state index is 0.113. The van der Waals surface area contributed by atoms with Crippen LogP contribution in [-0.4, -0.2) is 34.2 Å². The van der Waals surface area contributed by atoms with Crippen LogP contribution in [0.15, 0.2) is 45.5 Å². The van der Waals surface area contributed by atoms with Crippen LogP contribution in [-0.2, 0) is 0 Å². The summed E-state index contributed by atoms with van der Waals surface area (Å²) in [6.45, 7) is 0. The number of fused-ring (bicyclic) bond motifs is 2. The van der Waals surface area contributed by atoms with Gasteiger partial charge in [0.05, 0.1) is 22.2 Å². The van der Waals surface area contributed by atoms with E-state index in [0.717, 1.165) is 12.8 Å². The fourth-order valence-electron chi connectivity index (χ4n) is 4.77. The zero-order chi connectivity index (χ0) is 18.5. The van der Waals surface area contributed by atoms with Crippen LogP contribution in [0.25, 0.3) is 11.6 Å². The number of likely N-dealkylation sites (N-methyl/N-ethyl adjacent to an activating group) is 1. The van der Waals surface area contributed by atoms with Crippen molar-refractivity contribution in [1.82, 2.24) is 15.0 Å². The predicted octanol–water partition coefficient (Wildman–Crippen LogP) is 5.37. The maximum Gasteiger partial charge on any atom is 0.238 e. The molecule has 2 aromatic heterocycles. The van der Waals surface area contributed by atoms with Gasteiger partial charge in [-0.2, -0.15) is 4.98 Å². The molecule has 2 bridgehead atoms. The monoisotopic (exact) mass is 403 g/mol. The van der Waals surface area contributed by atoms with E-state index in [1.54, 1.807) is 6.26 Å². The van der Waals surface area contributed by atoms with Gasteiger partial charge in [-0.1, -0.05) is 34.4 Å². The lowest BCUT2D eigenvalue weighted by Gasteiger charge is -2.41. The Bertz CT molecular complexity index is 956. The van der Waals surface area contributed by atoms with Gasteiger partial charge in [0.15, 0.2) is 5.76 Å². The fourth-order valence-corrected chi connectivity index (χ4v) is 5.07. The molecule has 0 radical (unpaired) electrons. The van der Waals surface area contributed by atoms with Gasteiger partial charge in [-0.25, -0.2) is 0 Å². The first kappa shape index (κ1) is 17.3. The third kappa shape index (κ3) is 2.89. The predicted molar refractivity (Wildman–Crippen MR) is 103 cm³/mol. The molecule has 5 nitrogen and oxygen atoms in total. The summed E-state index contributed by atoms with van der Waals surface area (Å²) in [5.41, 5.74) is 1.18. The lowest BCUT2D eigenvalue weighted by molar-refractivity contribution is 0.120. The van der Waals surface area contributed by atoms with E-state index in [4.69, 9.17) is 32.1 Å². The molecule has 140 valence electrons. The Hall–Kier alpha value is -1.82. The van der Waals surface area contributed by atoms with Gasteiger partial charge in [-0.05, 0) is 62.1 Å². The highest BCUT2D eigenvalue weighted by Gasteiger charge is 2.49. The fraction of sp³-hybridized carbons (Fsp3) is 0.400. The van der Waals surface area contributed by atoms with Gasteiger partial charge in [-0.3, -0.25) is 4.90 Å². The van der Waals surface area contributed by atoms with Crippen LogP contribution in [0.1, 0.15) is 42.6 Å². The van der Waals surface area contributed by atoms with Gasteiger partial charge >= 0.3 is 0 Å². The quantitative estimate of drug-likeness (QED) is 0.588. The van der Waals surface area contributed by atoms with Crippen LogP contribution >= 0.6 is 23.2 Å². The first-order valence-corrected chi connectivity index (χ1v) is 9.92. The van der Waals surface area contributed by atoms with Gasteiger partial charge in [0.25, 0.3) is 0 Å². The van der Waals surface area contributed by atoms with Gasteiger partial charge in [0.1, 0.15) is 0 Å². The Morgan fingerprint density at radius 1 is 1.15 bits per heavy atom. The summed E-state index contributed by atoms with van der Waals surface area (Å²) in [6, 6.07) is 10.5. The summed E-state index contributed by atoms with van der Waals surface area (Å²) in [7, 11) is 2.20. The van der Waals surface area contributed by atoms with E-state index in [2.05, 4.69) is 28.2 Å². The second kappa shape index (κ2) is 6.66. The Labute approximate surface area is 167 Å². The molecular formula is C20H19Cl2N3O2. The number of rotatable bonds is 3. The Morgan fingerprint density at radius 2 is 2.04 bits per heavy atom. The number of benzene rings is 1. The molecule has 2 saturated heterocycles. The second-order valence-corrected chi connectivity index (χ2v) is 8.25. The van der Waals surface area contributed by atoms with Crippen LogP contribution in [0.2, 0.25) is 10.0 Å². The first-order chi connectivity index (χ1) is 13.1. The van der Waals surface area contributed by atoms with Crippen molar-refractivity contribution in [2.24, 2.45) is 0 Å². The largest absolute Gasteiger partial charge is 0.461 e. The molecule has 0 spiro atoms. The minimum Gasteiger partial charge on any atom is -0.461 e. The molecule has 0 N–H and O–H groups in total. The van der Waals surface area contributed by atoms with E-state index in [0.29, 0.717) is 39.6 Å². The standard InChI is InChI=1S/C20H19Cl2N3O2/c1-25-12-5-7-16(25)18(13(10-12)11-4-6-14(21)15(22)9-11)20-23-19(24-27-20)17-3-2-8-26-17/h2-4,6,8-9,12-13,16,18H,5,7,10H2,1H3/t12-,13+,16+,18+/m1/s1. The summed E-state index contributed by atoms with van der Waals surface area (Å²) in [5, 5.41) is 5.31. The Balaban J connectivity index is 1.56. The summed E-state index contributed by atoms with van der Waals surface area (Å²) >= 11 is 12.4. The van der Waals surface area contributed by atoms with Crippen molar-refractivity contribution in [3.63, 3.8) is 0 Å². The molecule has 27 heavy (non-hydrogen) atoms. The molecule has 7 heteroatoms. The number of hydrogen-bond acceptors (Lipinski definition) is 5. The van der Waals surface area contributed by atoms with E-state index in [1.807, 2.05) is 24.3 Å². The topological polar surface area (TPSA) is 55.3 Å². The number of piperidine rings is 1. The highest BCUT2D eigenvalue weighted by Crippen LogP contribution is 2.51. The lowest BCUT2D eigenvalue weighted by atomic mass is 9.76. The maximum atomic E-state index is 6.31. The number of hydrogen-bond donors (Lipinski definition) is 0. The van der Waals surface area contributed by atoms with Gasteiger partial charge in [-0.15, -0.1) is 0 Å². The normalized spacial score (nSPS) is 28.0. The molecule has 0 amide bonds. The molecule has 3 aromatic rings. The summed E-state index contributed by atoms with van der Waals surface area (Å²) in [4.78, 5) is 7.15. The van der Waals surface area contributed by atoms with Crippen LogP contribution in [0.3, 0.4) is 0 Å². The summed E-state index contributed by atoms with van der Waals surface area (Å²) in [6.07, 6.45) is 4.96. The summed E-state index contributed by atoms with van der Waals surface area (Å²) < 4.78 is 11.1. The number of halogens is 2. The van der Waals surface area contributed by atoms with Crippen molar-refractivity contribution in [2.75, 3.05) is 7.05 Å². The minimum absolute atomic E-state index is 0.113. The molecule has 2 fully saturated rings. The number of nitrogens with zero attached hydrogens (tertiary/aromatic N) is 3. The van der Waals surface area contributed by atoms with E-state index in [9.17, 15) is 0 Å². The van der Waals surface area contributed by atoms with Gasteiger partial charge in [0, 0.05) is 12.1 Å². The average Bonchev–Trinajstić information content (AvgIpc) is 3.38. The van der Waals surface area contributed by atoms with Crippen molar-refractivity contribution in [2.45, 2.75) is 43.2 Å². The van der Waals surface area contributed by atoms with Crippen molar-refractivity contribution >= 4 is 23.2 Å². The zero-order valence-corrected chi connectivity index (χ0v) is 16.3. The number of furan rings is 1. The number of aromatic nitrogens is 2. The van der Waals surface area contributed by atoms with Crippen LogP contribution in [0, 0.1) is 0 Å². The van der Waals surface area contributed by atoms with Crippen LogP contribution in [0.5, 0.6) is 0 Å². The van der Waals surface area contributed by atoms with E-state index in [1.165, 1.54) is 12.0 Å². The zero-order valence-electron chi connectivity index (χ0n) is 14.8. The molecule has 4 heterocycles. The van der Waals surface area contributed by atoms with Gasteiger partial charge in [0.2, 0.25) is 11.7 Å². The molecule has 0 saturated carbocycles. The van der Waals surface area contributed by atoms with Crippen molar-refractivity contribution in [3.8, 4) is 11.6 Å².